The van der Waals surface area contributed by atoms with Crippen LogP contribution in [-0.2, 0) is 6.42 Å². The van der Waals surface area contributed by atoms with Gasteiger partial charge in [0, 0.05) is 24.2 Å². The summed E-state index contributed by atoms with van der Waals surface area (Å²) in [6.45, 7) is 4.65. The average molecular weight is 249 g/mol. The molecule has 0 radical (unpaired) electrons. The van der Waals surface area contributed by atoms with Crippen LogP contribution < -0.4 is 10.5 Å². The molecule has 1 fully saturated rings. The molecule has 2 unspecified atom stereocenters. The lowest BCUT2D eigenvalue weighted by atomic mass is 9.76. The van der Waals surface area contributed by atoms with Crippen molar-refractivity contribution in [3.05, 3.63) is 18.1 Å². The first-order chi connectivity index (χ1) is 8.53. The van der Waals surface area contributed by atoms with Crippen LogP contribution in [0.1, 0.15) is 38.8 Å². The molecule has 1 aromatic rings. The highest BCUT2D eigenvalue weighted by Crippen LogP contribution is 2.44. The first-order valence-electron chi connectivity index (χ1n) is 6.63. The number of aromatic nitrogens is 2. The van der Waals surface area contributed by atoms with Gasteiger partial charge in [-0.2, -0.15) is 0 Å². The normalized spacial score (nSPS) is 23.9. The molecule has 1 aliphatic carbocycles. The van der Waals surface area contributed by atoms with Gasteiger partial charge in [0.05, 0.1) is 7.11 Å². The lowest BCUT2D eigenvalue weighted by Crippen LogP contribution is -2.38. The smallest absolute Gasteiger partial charge is 0.216 e. The number of methoxy groups -OCH3 is 1. The monoisotopic (exact) mass is 249 g/mol. The Morgan fingerprint density at radius 3 is 2.89 bits per heavy atom. The predicted octanol–water partition coefficient (Wildman–Crippen LogP) is 2.18. The molecule has 1 aliphatic rings. The van der Waals surface area contributed by atoms with E-state index in [4.69, 9.17) is 10.5 Å². The molecule has 4 heteroatoms. The van der Waals surface area contributed by atoms with Crippen LogP contribution in [0.15, 0.2) is 12.4 Å². The van der Waals surface area contributed by atoms with Crippen LogP contribution in [0.25, 0.3) is 0 Å². The molecular weight excluding hydrogens is 226 g/mol. The third kappa shape index (κ3) is 2.80. The summed E-state index contributed by atoms with van der Waals surface area (Å²) in [6, 6.07) is 2.05. The number of hydrogen-bond donors (Lipinski definition) is 1. The molecule has 0 spiro atoms. The standard InChI is InChI=1S/C14H23N3O/c1-14(2)6-4-5-11(14)12(15)7-10-8-13(18-3)17-9-16-10/h8-9,11-12H,4-7,15H2,1-3H3. The van der Waals surface area contributed by atoms with E-state index in [1.54, 1.807) is 13.4 Å². The Hall–Kier alpha value is -1.16. The first kappa shape index (κ1) is 13.3. The second-order valence-electron chi connectivity index (χ2n) is 5.91. The summed E-state index contributed by atoms with van der Waals surface area (Å²) < 4.78 is 5.11. The van der Waals surface area contributed by atoms with Gasteiger partial charge >= 0.3 is 0 Å². The summed E-state index contributed by atoms with van der Waals surface area (Å²) in [4.78, 5) is 8.29. The first-order valence-corrected chi connectivity index (χ1v) is 6.63. The van der Waals surface area contributed by atoms with E-state index in [-0.39, 0.29) is 6.04 Å². The minimum absolute atomic E-state index is 0.169. The third-order valence-electron chi connectivity index (χ3n) is 4.21. The van der Waals surface area contributed by atoms with E-state index >= 15 is 0 Å². The zero-order chi connectivity index (χ0) is 13.2. The van der Waals surface area contributed by atoms with E-state index in [0.717, 1.165) is 12.1 Å². The van der Waals surface area contributed by atoms with E-state index in [1.807, 2.05) is 6.07 Å². The van der Waals surface area contributed by atoms with Crippen LogP contribution in [-0.4, -0.2) is 23.1 Å². The predicted molar refractivity (Wildman–Crippen MR) is 71.4 cm³/mol. The molecule has 0 amide bonds. The van der Waals surface area contributed by atoms with Gasteiger partial charge < -0.3 is 10.5 Å². The number of nitrogens with zero attached hydrogens (tertiary/aromatic N) is 2. The van der Waals surface area contributed by atoms with Crippen molar-refractivity contribution in [1.29, 1.82) is 0 Å². The largest absolute Gasteiger partial charge is 0.481 e. The molecule has 0 saturated heterocycles. The van der Waals surface area contributed by atoms with Crippen molar-refractivity contribution in [3.63, 3.8) is 0 Å². The number of hydrogen-bond acceptors (Lipinski definition) is 4. The molecule has 1 heterocycles. The summed E-state index contributed by atoms with van der Waals surface area (Å²) in [5.41, 5.74) is 7.70. The fourth-order valence-electron chi connectivity index (χ4n) is 3.13. The second-order valence-corrected chi connectivity index (χ2v) is 5.91. The van der Waals surface area contributed by atoms with Crippen LogP contribution in [0, 0.1) is 11.3 Å². The van der Waals surface area contributed by atoms with Crippen molar-refractivity contribution in [1.82, 2.24) is 9.97 Å². The molecule has 100 valence electrons. The molecule has 1 saturated carbocycles. The summed E-state index contributed by atoms with van der Waals surface area (Å²) in [5, 5.41) is 0. The van der Waals surface area contributed by atoms with Gasteiger partial charge in [0.1, 0.15) is 6.33 Å². The van der Waals surface area contributed by atoms with Gasteiger partial charge in [0.2, 0.25) is 5.88 Å². The zero-order valence-corrected chi connectivity index (χ0v) is 11.5. The van der Waals surface area contributed by atoms with Gasteiger partial charge in [0.25, 0.3) is 0 Å². The second kappa shape index (κ2) is 5.22. The zero-order valence-electron chi connectivity index (χ0n) is 11.5. The van der Waals surface area contributed by atoms with Gasteiger partial charge in [-0.3, -0.25) is 0 Å². The molecular formula is C14H23N3O. The van der Waals surface area contributed by atoms with Crippen molar-refractivity contribution < 1.29 is 4.74 Å². The fourth-order valence-corrected chi connectivity index (χ4v) is 3.13. The summed E-state index contributed by atoms with van der Waals surface area (Å²) in [7, 11) is 1.62. The maximum absolute atomic E-state index is 6.38. The number of ether oxygens (including phenoxy) is 1. The van der Waals surface area contributed by atoms with Gasteiger partial charge in [-0.25, -0.2) is 9.97 Å². The fraction of sp³-hybridized carbons (Fsp3) is 0.714. The van der Waals surface area contributed by atoms with E-state index < -0.39 is 0 Å². The van der Waals surface area contributed by atoms with E-state index in [1.165, 1.54) is 19.3 Å². The Balaban J connectivity index is 2.04. The Bertz CT molecular complexity index is 406. The summed E-state index contributed by atoms with van der Waals surface area (Å²) in [6.07, 6.45) is 6.14. The highest BCUT2D eigenvalue weighted by molar-refractivity contribution is 5.14. The van der Waals surface area contributed by atoms with Crippen molar-refractivity contribution in [2.75, 3.05) is 7.11 Å². The number of nitrogens with two attached hydrogens (primary N) is 1. The van der Waals surface area contributed by atoms with Gasteiger partial charge in [-0.1, -0.05) is 20.3 Å². The molecule has 1 aromatic heterocycles. The maximum atomic E-state index is 6.38. The lowest BCUT2D eigenvalue weighted by Gasteiger charge is -2.31. The van der Waals surface area contributed by atoms with Crippen LogP contribution >= 0.6 is 0 Å². The Morgan fingerprint density at radius 2 is 2.28 bits per heavy atom. The molecule has 2 atom stereocenters. The SMILES string of the molecule is COc1cc(CC(N)C2CCCC2(C)C)ncn1. The van der Waals surface area contributed by atoms with Crippen LogP contribution in [0.4, 0.5) is 0 Å². The molecule has 0 aliphatic heterocycles. The van der Waals surface area contributed by atoms with Gasteiger partial charge in [0.15, 0.2) is 0 Å². The highest BCUT2D eigenvalue weighted by atomic mass is 16.5. The van der Waals surface area contributed by atoms with Gasteiger partial charge in [-0.05, 0) is 24.2 Å². The number of rotatable bonds is 4. The molecule has 0 aromatic carbocycles. The quantitative estimate of drug-likeness (QED) is 0.888. The summed E-state index contributed by atoms with van der Waals surface area (Å²) >= 11 is 0. The van der Waals surface area contributed by atoms with Crippen LogP contribution in [0.2, 0.25) is 0 Å². The third-order valence-corrected chi connectivity index (χ3v) is 4.21. The highest BCUT2D eigenvalue weighted by Gasteiger charge is 2.38. The Kier molecular flexibility index (Phi) is 3.85. The maximum Gasteiger partial charge on any atom is 0.216 e. The van der Waals surface area contributed by atoms with Crippen LogP contribution in [0.3, 0.4) is 0 Å². The Morgan fingerprint density at radius 1 is 1.50 bits per heavy atom. The topological polar surface area (TPSA) is 61.0 Å². The molecule has 4 nitrogen and oxygen atoms in total. The van der Waals surface area contributed by atoms with Crippen molar-refractivity contribution in [2.45, 2.75) is 45.6 Å². The molecule has 2 N–H and O–H groups in total. The van der Waals surface area contributed by atoms with Crippen LogP contribution in [0.5, 0.6) is 5.88 Å². The minimum atomic E-state index is 0.169. The van der Waals surface area contributed by atoms with Gasteiger partial charge in [-0.15, -0.1) is 0 Å². The average Bonchev–Trinajstić information content (AvgIpc) is 2.69. The summed E-state index contributed by atoms with van der Waals surface area (Å²) in [5.74, 6) is 1.19. The molecule has 18 heavy (non-hydrogen) atoms. The van der Waals surface area contributed by atoms with E-state index in [9.17, 15) is 0 Å². The van der Waals surface area contributed by atoms with Crippen molar-refractivity contribution in [2.24, 2.45) is 17.1 Å². The lowest BCUT2D eigenvalue weighted by molar-refractivity contribution is 0.219. The van der Waals surface area contributed by atoms with Crippen molar-refractivity contribution in [3.8, 4) is 5.88 Å². The minimum Gasteiger partial charge on any atom is -0.481 e. The Labute approximate surface area is 109 Å². The van der Waals surface area contributed by atoms with E-state index in [2.05, 4.69) is 23.8 Å². The van der Waals surface area contributed by atoms with Crippen molar-refractivity contribution >= 4 is 0 Å². The molecule has 0 bridgehead atoms. The molecule has 2 rings (SSSR count). The van der Waals surface area contributed by atoms with E-state index in [0.29, 0.717) is 17.2 Å².